The summed E-state index contributed by atoms with van der Waals surface area (Å²) >= 11 is 0. The van der Waals surface area contributed by atoms with E-state index in [9.17, 15) is 9.59 Å². The normalized spacial score (nSPS) is 10.5. The number of nitrogen functional groups attached to an aromatic ring is 1. The number of hydrogen-bond acceptors (Lipinski definition) is 4. The van der Waals surface area contributed by atoms with Crippen LogP contribution in [-0.2, 0) is 11.2 Å². The van der Waals surface area contributed by atoms with Crippen molar-refractivity contribution in [2.75, 3.05) is 19.8 Å². The van der Waals surface area contributed by atoms with Crippen molar-refractivity contribution in [3.63, 3.8) is 0 Å². The summed E-state index contributed by atoms with van der Waals surface area (Å²) in [4.78, 5) is 31.5. The lowest BCUT2D eigenvalue weighted by Gasteiger charge is -2.11. The molecule has 0 saturated heterocycles. The first kappa shape index (κ1) is 13.9. The number of H-pyrrole nitrogens is 1. The molecule has 3 amide bonds. The van der Waals surface area contributed by atoms with E-state index in [0.29, 0.717) is 12.1 Å². The van der Waals surface area contributed by atoms with Crippen molar-refractivity contribution in [1.29, 1.82) is 0 Å². The molecule has 20 heavy (non-hydrogen) atoms. The van der Waals surface area contributed by atoms with Gasteiger partial charge in [-0.3, -0.25) is 10.1 Å². The van der Waals surface area contributed by atoms with Gasteiger partial charge in [-0.2, -0.15) is 0 Å². The number of rotatable bonds is 3. The van der Waals surface area contributed by atoms with Crippen LogP contribution in [0.15, 0.2) is 18.5 Å². The number of aromatic nitrogens is 2. The van der Waals surface area contributed by atoms with E-state index in [4.69, 9.17) is 5.73 Å². The molecule has 0 aliphatic rings. The van der Waals surface area contributed by atoms with Crippen LogP contribution in [0.5, 0.6) is 0 Å². The quantitative estimate of drug-likeness (QED) is 0.723. The molecule has 7 heteroatoms. The van der Waals surface area contributed by atoms with Crippen molar-refractivity contribution in [3.05, 3.63) is 24.0 Å². The van der Waals surface area contributed by atoms with E-state index >= 15 is 0 Å². The second-order valence-electron chi connectivity index (χ2n) is 4.68. The molecule has 0 aliphatic heterocycles. The zero-order valence-corrected chi connectivity index (χ0v) is 11.4. The van der Waals surface area contributed by atoms with Gasteiger partial charge in [0.15, 0.2) is 0 Å². The summed E-state index contributed by atoms with van der Waals surface area (Å²) in [6.45, 7) is 0. The molecule has 1 aromatic carbocycles. The summed E-state index contributed by atoms with van der Waals surface area (Å²) in [5, 5.41) is 2.29. The number of hydrogen-bond donors (Lipinski definition) is 3. The fourth-order valence-corrected chi connectivity index (χ4v) is 1.88. The molecule has 0 bridgehead atoms. The van der Waals surface area contributed by atoms with Gasteiger partial charge < -0.3 is 15.6 Å². The molecule has 1 aromatic heterocycles. The van der Waals surface area contributed by atoms with Gasteiger partial charge in [-0.1, -0.05) is 0 Å². The lowest BCUT2D eigenvalue weighted by molar-refractivity contribution is -0.120. The first-order valence-electron chi connectivity index (χ1n) is 6.20. The Bertz CT molecular complexity index is 647. The highest BCUT2D eigenvalue weighted by Gasteiger charge is 2.12. The number of aromatic amines is 1. The third kappa shape index (κ3) is 2.87. The van der Waals surface area contributed by atoms with Gasteiger partial charge in [0.2, 0.25) is 5.91 Å². The molecular weight excluding hydrogens is 258 g/mol. The molecular formula is C13H17N5O2. The standard InChI is InChI=1S/C13H17N5O2/c1-18(2)13(20)17-11(19)6-3-8-9(14)4-5-10-12(8)16-7-15-10/h4-5,7H,3,6,14H2,1-2H3,(H,15,16)(H,17,19,20). The lowest BCUT2D eigenvalue weighted by Crippen LogP contribution is -2.38. The van der Waals surface area contributed by atoms with Gasteiger partial charge in [0.1, 0.15) is 0 Å². The van der Waals surface area contributed by atoms with Crippen LogP contribution in [0.1, 0.15) is 12.0 Å². The van der Waals surface area contributed by atoms with E-state index in [-0.39, 0.29) is 12.3 Å². The number of urea groups is 1. The first-order chi connectivity index (χ1) is 9.49. The molecule has 4 N–H and O–H groups in total. The number of anilines is 1. The number of nitrogens with two attached hydrogens (primary N) is 1. The highest BCUT2D eigenvalue weighted by Crippen LogP contribution is 2.22. The minimum Gasteiger partial charge on any atom is -0.398 e. The Morgan fingerprint density at radius 2 is 2.15 bits per heavy atom. The van der Waals surface area contributed by atoms with Crippen LogP contribution < -0.4 is 11.1 Å². The molecule has 0 radical (unpaired) electrons. The third-order valence-corrected chi connectivity index (χ3v) is 2.99. The van der Waals surface area contributed by atoms with Crippen LogP contribution in [0.4, 0.5) is 10.5 Å². The molecule has 0 aliphatic carbocycles. The number of nitrogens with zero attached hydrogens (tertiary/aromatic N) is 2. The molecule has 0 unspecified atom stereocenters. The SMILES string of the molecule is CN(C)C(=O)NC(=O)CCc1c(N)ccc2[nH]cnc12. The van der Waals surface area contributed by atoms with Crippen molar-refractivity contribution < 1.29 is 9.59 Å². The summed E-state index contributed by atoms with van der Waals surface area (Å²) in [6, 6.07) is 3.19. The summed E-state index contributed by atoms with van der Waals surface area (Å²) in [7, 11) is 3.15. The van der Waals surface area contributed by atoms with Crippen LogP contribution in [0.2, 0.25) is 0 Å². The smallest absolute Gasteiger partial charge is 0.323 e. The maximum atomic E-state index is 11.7. The monoisotopic (exact) mass is 275 g/mol. The largest absolute Gasteiger partial charge is 0.398 e. The van der Waals surface area contributed by atoms with E-state index < -0.39 is 6.03 Å². The van der Waals surface area contributed by atoms with Gasteiger partial charge in [0.25, 0.3) is 0 Å². The van der Waals surface area contributed by atoms with Gasteiger partial charge in [0, 0.05) is 31.8 Å². The molecule has 0 spiro atoms. The zero-order chi connectivity index (χ0) is 14.7. The van der Waals surface area contributed by atoms with E-state index in [0.717, 1.165) is 16.6 Å². The van der Waals surface area contributed by atoms with E-state index in [1.165, 1.54) is 4.90 Å². The number of nitrogens with one attached hydrogen (secondary N) is 2. The fraction of sp³-hybridized carbons (Fsp3) is 0.308. The fourth-order valence-electron chi connectivity index (χ4n) is 1.88. The highest BCUT2D eigenvalue weighted by molar-refractivity contribution is 5.94. The number of benzene rings is 1. The first-order valence-corrected chi connectivity index (χ1v) is 6.20. The Morgan fingerprint density at radius 1 is 1.40 bits per heavy atom. The summed E-state index contributed by atoms with van der Waals surface area (Å²) < 4.78 is 0. The summed E-state index contributed by atoms with van der Waals surface area (Å²) in [5.41, 5.74) is 8.97. The second kappa shape index (κ2) is 5.60. The van der Waals surface area contributed by atoms with Crippen LogP contribution in [0, 0.1) is 0 Å². The van der Waals surface area contributed by atoms with Crippen LogP contribution in [-0.4, -0.2) is 40.9 Å². The van der Waals surface area contributed by atoms with Crippen molar-refractivity contribution in [2.45, 2.75) is 12.8 Å². The van der Waals surface area contributed by atoms with Crippen LogP contribution >= 0.6 is 0 Å². The van der Waals surface area contributed by atoms with Crippen molar-refractivity contribution >= 4 is 28.7 Å². The number of aryl methyl sites for hydroxylation is 1. The van der Waals surface area contributed by atoms with Gasteiger partial charge in [-0.25, -0.2) is 9.78 Å². The maximum absolute atomic E-state index is 11.7. The molecule has 0 atom stereocenters. The number of amides is 3. The molecule has 0 saturated carbocycles. The molecule has 1 heterocycles. The molecule has 0 fully saturated rings. The molecule has 2 rings (SSSR count). The van der Waals surface area contributed by atoms with Gasteiger partial charge in [-0.05, 0) is 18.6 Å². The number of imidazole rings is 1. The highest BCUT2D eigenvalue weighted by atomic mass is 16.2. The number of imide groups is 1. The van der Waals surface area contributed by atoms with E-state index in [1.54, 1.807) is 26.5 Å². The van der Waals surface area contributed by atoms with Crippen molar-refractivity contribution in [3.8, 4) is 0 Å². The number of fused-ring (bicyclic) bond motifs is 1. The maximum Gasteiger partial charge on any atom is 0.323 e. The average Bonchev–Trinajstić information content (AvgIpc) is 2.85. The lowest BCUT2D eigenvalue weighted by atomic mass is 10.1. The average molecular weight is 275 g/mol. The van der Waals surface area contributed by atoms with E-state index in [2.05, 4.69) is 15.3 Å². The minimum absolute atomic E-state index is 0.176. The number of carbonyl (C=O) groups excluding carboxylic acids is 2. The van der Waals surface area contributed by atoms with Gasteiger partial charge >= 0.3 is 6.03 Å². The molecule has 7 nitrogen and oxygen atoms in total. The zero-order valence-electron chi connectivity index (χ0n) is 11.4. The topological polar surface area (TPSA) is 104 Å². The predicted octanol–water partition coefficient (Wildman–Crippen LogP) is 0.875. The Balaban J connectivity index is 2.06. The molecule has 2 aromatic rings. The van der Waals surface area contributed by atoms with E-state index in [1.807, 2.05) is 6.07 Å². The molecule has 106 valence electrons. The van der Waals surface area contributed by atoms with Crippen LogP contribution in [0.3, 0.4) is 0 Å². The minimum atomic E-state index is -0.430. The Morgan fingerprint density at radius 3 is 2.85 bits per heavy atom. The van der Waals surface area contributed by atoms with Gasteiger partial charge in [-0.15, -0.1) is 0 Å². The number of carbonyl (C=O) groups is 2. The van der Waals surface area contributed by atoms with Crippen molar-refractivity contribution in [1.82, 2.24) is 20.2 Å². The Kier molecular flexibility index (Phi) is 3.88. The van der Waals surface area contributed by atoms with Crippen molar-refractivity contribution in [2.24, 2.45) is 0 Å². The van der Waals surface area contributed by atoms with Crippen LogP contribution in [0.25, 0.3) is 11.0 Å². The summed E-state index contributed by atoms with van der Waals surface area (Å²) in [6.07, 6.45) is 2.19. The Labute approximate surface area is 116 Å². The van der Waals surface area contributed by atoms with Gasteiger partial charge in [0.05, 0.1) is 17.4 Å². The predicted molar refractivity (Wildman–Crippen MR) is 76.1 cm³/mol. The third-order valence-electron chi connectivity index (χ3n) is 2.99. The Hall–Kier alpha value is -2.57. The summed E-state index contributed by atoms with van der Waals surface area (Å²) in [5.74, 6) is -0.337. The second-order valence-corrected chi connectivity index (χ2v) is 4.68.